The van der Waals surface area contributed by atoms with Crippen LogP contribution < -0.4 is 4.90 Å². The molecule has 0 unspecified atom stereocenters. The summed E-state index contributed by atoms with van der Waals surface area (Å²) in [4.78, 5) is 2.43. The lowest BCUT2D eigenvalue weighted by atomic mass is 9.82. The van der Waals surface area contributed by atoms with E-state index in [1.54, 1.807) is 0 Å². The zero-order valence-electron chi connectivity index (χ0n) is 31.9. The van der Waals surface area contributed by atoms with Gasteiger partial charge in [-0.25, -0.2) is 0 Å². The number of anilines is 3. The lowest BCUT2D eigenvalue weighted by Crippen LogP contribution is -2.16. The third kappa shape index (κ3) is 5.48. The predicted octanol–water partition coefficient (Wildman–Crippen LogP) is 15.5. The fourth-order valence-corrected chi connectivity index (χ4v) is 9.11. The van der Waals surface area contributed by atoms with Gasteiger partial charge in [0.2, 0.25) is 0 Å². The van der Waals surface area contributed by atoms with Crippen LogP contribution in [0.4, 0.5) is 17.1 Å². The summed E-state index contributed by atoms with van der Waals surface area (Å²) < 4.78 is 6.43. The number of hydrogen-bond donors (Lipinski definition) is 0. The van der Waals surface area contributed by atoms with Gasteiger partial charge in [0.1, 0.15) is 11.2 Å². The summed E-state index contributed by atoms with van der Waals surface area (Å²) in [7, 11) is 0. The minimum Gasteiger partial charge on any atom is -0.456 e. The second-order valence-electron chi connectivity index (χ2n) is 15.8. The van der Waals surface area contributed by atoms with E-state index in [9.17, 15) is 0 Å². The lowest BCUT2D eigenvalue weighted by Gasteiger charge is -2.30. The van der Waals surface area contributed by atoms with Gasteiger partial charge < -0.3 is 9.32 Å². The molecule has 0 saturated carbocycles. The smallest absolute Gasteiger partial charge is 0.136 e. The van der Waals surface area contributed by atoms with Crippen LogP contribution in [0.15, 0.2) is 205 Å². The Kier molecular flexibility index (Phi) is 7.55. The Labute approximate surface area is 332 Å². The van der Waals surface area contributed by atoms with Crippen molar-refractivity contribution in [2.45, 2.75) is 19.3 Å². The van der Waals surface area contributed by atoms with E-state index in [0.717, 1.165) is 50.1 Å². The van der Waals surface area contributed by atoms with E-state index >= 15 is 0 Å². The van der Waals surface area contributed by atoms with E-state index < -0.39 is 0 Å². The Morgan fingerprint density at radius 2 is 0.965 bits per heavy atom. The molecule has 11 rings (SSSR count). The molecule has 0 spiro atoms. The Balaban J connectivity index is 1.07. The van der Waals surface area contributed by atoms with Crippen molar-refractivity contribution in [3.05, 3.63) is 211 Å². The van der Waals surface area contributed by atoms with Crippen molar-refractivity contribution in [2.75, 3.05) is 4.90 Å². The van der Waals surface area contributed by atoms with Gasteiger partial charge in [-0.2, -0.15) is 0 Å². The molecule has 1 aromatic heterocycles. The molecule has 0 amide bonds. The van der Waals surface area contributed by atoms with Crippen molar-refractivity contribution >= 4 is 49.8 Å². The normalized spacial score (nSPS) is 12.9. The topological polar surface area (TPSA) is 16.4 Å². The third-order valence-corrected chi connectivity index (χ3v) is 12.0. The molecule has 0 radical (unpaired) electrons. The quantitative estimate of drug-likeness (QED) is 0.169. The van der Waals surface area contributed by atoms with Gasteiger partial charge in [0.15, 0.2) is 0 Å². The van der Waals surface area contributed by atoms with Gasteiger partial charge in [-0.3, -0.25) is 0 Å². The first-order chi connectivity index (χ1) is 28.0. The Morgan fingerprint density at radius 1 is 0.368 bits per heavy atom. The van der Waals surface area contributed by atoms with E-state index in [-0.39, 0.29) is 5.41 Å². The first kappa shape index (κ1) is 33.2. The number of fused-ring (bicyclic) bond motifs is 7. The summed E-state index contributed by atoms with van der Waals surface area (Å²) in [5.74, 6) is 0. The predicted molar refractivity (Wildman–Crippen MR) is 240 cm³/mol. The Hall–Kier alpha value is -7.16. The molecule has 1 aliphatic rings. The second-order valence-corrected chi connectivity index (χ2v) is 15.8. The molecule has 2 heteroatoms. The lowest BCUT2D eigenvalue weighted by molar-refractivity contribution is 0.660. The van der Waals surface area contributed by atoms with Gasteiger partial charge in [-0.05, 0) is 122 Å². The van der Waals surface area contributed by atoms with Crippen LogP contribution in [-0.2, 0) is 5.41 Å². The first-order valence-electron chi connectivity index (χ1n) is 19.7. The highest BCUT2D eigenvalue weighted by molar-refractivity contribution is 6.11. The molecule has 0 aliphatic heterocycles. The molecular formula is C55H39NO. The summed E-state index contributed by atoms with van der Waals surface area (Å²) in [6.45, 7) is 4.71. The molecule has 1 heterocycles. The van der Waals surface area contributed by atoms with Crippen molar-refractivity contribution in [1.29, 1.82) is 0 Å². The summed E-state index contributed by atoms with van der Waals surface area (Å²) in [5, 5.41) is 4.64. The van der Waals surface area contributed by atoms with Gasteiger partial charge in [0.25, 0.3) is 0 Å². The molecule has 0 N–H and O–H groups in total. The van der Waals surface area contributed by atoms with Gasteiger partial charge in [-0.15, -0.1) is 0 Å². The molecule has 1 aliphatic carbocycles. The molecule has 0 fully saturated rings. The number of furan rings is 1. The number of nitrogens with zero attached hydrogens (tertiary/aromatic N) is 1. The van der Waals surface area contributed by atoms with Crippen molar-refractivity contribution in [1.82, 2.24) is 0 Å². The maximum absolute atomic E-state index is 6.43. The fraction of sp³-hybridized carbons (Fsp3) is 0.0545. The number of rotatable bonds is 6. The van der Waals surface area contributed by atoms with E-state index in [0.29, 0.717) is 0 Å². The van der Waals surface area contributed by atoms with Crippen molar-refractivity contribution < 1.29 is 4.42 Å². The second kappa shape index (κ2) is 13.0. The van der Waals surface area contributed by atoms with Crippen LogP contribution >= 0.6 is 0 Å². The van der Waals surface area contributed by atoms with E-state index in [1.165, 1.54) is 55.3 Å². The van der Waals surface area contributed by atoms with E-state index in [2.05, 4.69) is 219 Å². The fourth-order valence-electron chi connectivity index (χ4n) is 9.11. The van der Waals surface area contributed by atoms with Gasteiger partial charge in [0, 0.05) is 33.1 Å². The average Bonchev–Trinajstić information content (AvgIpc) is 3.73. The summed E-state index contributed by atoms with van der Waals surface area (Å²) in [6, 6.07) is 72.7. The van der Waals surface area contributed by atoms with Crippen LogP contribution in [0, 0.1) is 0 Å². The molecule has 2 nitrogen and oxygen atoms in total. The largest absolute Gasteiger partial charge is 0.456 e. The van der Waals surface area contributed by atoms with Crippen LogP contribution in [0.3, 0.4) is 0 Å². The molecule has 0 saturated heterocycles. The summed E-state index contributed by atoms with van der Waals surface area (Å²) >= 11 is 0. The minimum absolute atomic E-state index is 0.127. The van der Waals surface area contributed by atoms with Gasteiger partial charge >= 0.3 is 0 Å². The van der Waals surface area contributed by atoms with Gasteiger partial charge in [0.05, 0.1) is 5.69 Å². The van der Waals surface area contributed by atoms with Crippen LogP contribution in [0.1, 0.15) is 25.0 Å². The molecule has 270 valence electrons. The zero-order chi connectivity index (χ0) is 38.1. The van der Waals surface area contributed by atoms with Crippen molar-refractivity contribution in [3.8, 4) is 44.5 Å². The third-order valence-electron chi connectivity index (χ3n) is 12.0. The van der Waals surface area contributed by atoms with Crippen LogP contribution in [0.2, 0.25) is 0 Å². The van der Waals surface area contributed by atoms with Crippen molar-refractivity contribution in [2.24, 2.45) is 0 Å². The Bertz CT molecular complexity index is 3150. The summed E-state index contributed by atoms with van der Waals surface area (Å²) in [5.41, 5.74) is 17.5. The van der Waals surface area contributed by atoms with Crippen LogP contribution in [-0.4, -0.2) is 0 Å². The minimum atomic E-state index is -0.127. The highest BCUT2D eigenvalue weighted by Gasteiger charge is 2.36. The molecule has 0 atom stereocenters. The average molecular weight is 730 g/mol. The molecule has 0 bridgehead atoms. The molecule has 10 aromatic rings. The van der Waals surface area contributed by atoms with Crippen LogP contribution in [0.5, 0.6) is 0 Å². The number of para-hydroxylation sites is 1. The maximum atomic E-state index is 6.43. The van der Waals surface area contributed by atoms with E-state index in [4.69, 9.17) is 4.42 Å². The number of benzene rings is 9. The van der Waals surface area contributed by atoms with Gasteiger partial charge in [-0.1, -0.05) is 153 Å². The Morgan fingerprint density at radius 3 is 1.77 bits per heavy atom. The molecule has 9 aromatic carbocycles. The summed E-state index contributed by atoms with van der Waals surface area (Å²) in [6.07, 6.45) is 0. The highest BCUT2D eigenvalue weighted by Crippen LogP contribution is 2.51. The standard InChI is InChI=1S/C55H39NO/c1-55(2)50-21-10-8-20-46(50)47-29-28-44(35-51(47)55)56(43-26-23-37(24-27-43)39-18-12-17-38(31-39)36-13-4-3-5-14-36)52-22-11-9-19-45(52)42-25-30-53-48(33-42)49-32-40-15-6-7-16-41(40)34-54(49)57-53/h3-35H,1-2H3. The van der Waals surface area contributed by atoms with Crippen molar-refractivity contribution in [3.63, 3.8) is 0 Å². The zero-order valence-corrected chi connectivity index (χ0v) is 31.9. The SMILES string of the molecule is CC1(C)c2ccccc2-c2ccc(N(c3ccc(-c4cccc(-c5ccccc5)c4)cc3)c3ccccc3-c3ccc4oc5cc6ccccc6cc5c4c3)cc21. The number of hydrogen-bond acceptors (Lipinski definition) is 2. The van der Waals surface area contributed by atoms with E-state index in [1.807, 2.05) is 0 Å². The highest BCUT2D eigenvalue weighted by atomic mass is 16.3. The van der Waals surface area contributed by atoms with Crippen LogP contribution in [0.25, 0.3) is 77.2 Å². The molecular weight excluding hydrogens is 691 g/mol. The first-order valence-corrected chi connectivity index (χ1v) is 19.7. The monoisotopic (exact) mass is 729 g/mol. The maximum Gasteiger partial charge on any atom is 0.136 e. The molecule has 57 heavy (non-hydrogen) atoms.